The molecule has 3 heterocycles. The van der Waals surface area contributed by atoms with E-state index in [1.165, 1.54) is 23.1 Å². The average Bonchev–Trinajstić information content (AvgIpc) is 3.68. The smallest absolute Gasteiger partial charge is 0.416 e. The number of nitrogens with zero attached hydrogens (tertiary/aromatic N) is 2. The maximum absolute atomic E-state index is 13.8. The van der Waals surface area contributed by atoms with Crippen molar-refractivity contribution < 1.29 is 31.8 Å². The summed E-state index contributed by atoms with van der Waals surface area (Å²) in [6.45, 7) is 2.27. The first-order valence-corrected chi connectivity index (χ1v) is 13.2. The van der Waals surface area contributed by atoms with Crippen LogP contribution in [0.4, 0.5) is 23.2 Å². The third-order valence-corrected chi connectivity index (χ3v) is 8.34. The lowest BCUT2D eigenvalue weighted by atomic mass is 9.85. The number of rotatable bonds is 5. The summed E-state index contributed by atoms with van der Waals surface area (Å²) in [5.74, 6) is 0.0668. The van der Waals surface area contributed by atoms with Crippen LogP contribution in [0.2, 0.25) is 0 Å². The minimum Gasteiger partial charge on any atom is -0.473 e. The summed E-state index contributed by atoms with van der Waals surface area (Å²) in [6.07, 6.45) is -0.276. The molecule has 0 bridgehead atoms. The Kier molecular flexibility index (Phi) is 6.50. The quantitative estimate of drug-likeness (QED) is 0.546. The number of likely N-dealkylation sites (tertiary alicyclic amines) is 1. The van der Waals surface area contributed by atoms with Gasteiger partial charge in [0.1, 0.15) is 17.2 Å². The minimum atomic E-state index is -4.46. The molecule has 1 saturated carbocycles. The number of fused-ring (bicyclic) bond motifs is 1. The number of benzene rings is 2. The number of hydrogen-bond donors (Lipinski definition) is 1. The Morgan fingerprint density at radius 3 is 2.53 bits per heavy atom. The molecule has 10 heteroatoms. The van der Waals surface area contributed by atoms with Gasteiger partial charge in [0.15, 0.2) is 6.73 Å². The van der Waals surface area contributed by atoms with Gasteiger partial charge in [-0.2, -0.15) is 13.2 Å². The monoisotopic (exact) mass is 533 g/mol. The Hall–Kier alpha value is -2.85. The molecule has 6 nitrogen and oxygen atoms in total. The van der Waals surface area contributed by atoms with Crippen molar-refractivity contribution in [1.82, 2.24) is 9.80 Å². The van der Waals surface area contributed by atoms with E-state index in [2.05, 4.69) is 10.2 Å². The van der Waals surface area contributed by atoms with Gasteiger partial charge < -0.3 is 19.7 Å². The first-order chi connectivity index (χ1) is 18.2. The van der Waals surface area contributed by atoms with Crippen molar-refractivity contribution in [3.8, 4) is 5.75 Å². The predicted octanol–water partition coefficient (Wildman–Crippen LogP) is 5.04. The summed E-state index contributed by atoms with van der Waals surface area (Å²) in [5, 5.41) is 3.47. The van der Waals surface area contributed by atoms with E-state index in [0.29, 0.717) is 24.3 Å². The van der Waals surface area contributed by atoms with E-state index in [9.17, 15) is 22.4 Å². The highest BCUT2D eigenvalue weighted by molar-refractivity contribution is 5.86. The molecule has 1 aliphatic carbocycles. The number of amides is 1. The molecular weight excluding hydrogens is 502 g/mol. The highest BCUT2D eigenvalue weighted by Gasteiger charge is 2.56. The van der Waals surface area contributed by atoms with Gasteiger partial charge in [-0.15, -0.1) is 0 Å². The van der Waals surface area contributed by atoms with E-state index < -0.39 is 17.3 Å². The van der Waals surface area contributed by atoms with Crippen molar-refractivity contribution in [3.05, 3.63) is 59.4 Å². The molecular formula is C28H31F4N3O3. The number of carbonyl (C=O) groups is 1. The Morgan fingerprint density at radius 2 is 1.84 bits per heavy atom. The van der Waals surface area contributed by atoms with Crippen LogP contribution in [-0.4, -0.2) is 59.8 Å². The first-order valence-electron chi connectivity index (χ1n) is 13.2. The molecule has 0 unspecified atom stereocenters. The van der Waals surface area contributed by atoms with E-state index >= 15 is 0 Å². The summed E-state index contributed by atoms with van der Waals surface area (Å²) in [6, 6.07) is 10.2. The Morgan fingerprint density at radius 1 is 1.05 bits per heavy atom. The van der Waals surface area contributed by atoms with E-state index in [-0.39, 0.29) is 43.0 Å². The van der Waals surface area contributed by atoms with Crippen LogP contribution >= 0.6 is 0 Å². The Bertz CT molecular complexity index is 1180. The maximum Gasteiger partial charge on any atom is 0.416 e. The minimum absolute atomic E-state index is 0.00131. The number of ether oxygens (including phenoxy) is 2. The molecule has 2 saturated heterocycles. The second-order valence-corrected chi connectivity index (χ2v) is 10.9. The molecule has 2 aromatic rings. The third kappa shape index (κ3) is 4.96. The topological polar surface area (TPSA) is 54.0 Å². The molecule has 4 aliphatic rings. The van der Waals surface area contributed by atoms with E-state index in [1.807, 2.05) is 0 Å². The molecule has 0 aromatic heterocycles. The zero-order chi connectivity index (χ0) is 26.5. The molecule has 38 heavy (non-hydrogen) atoms. The van der Waals surface area contributed by atoms with Gasteiger partial charge in [-0.25, -0.2) is 4.39 Å². The lowest BCUT2D eigenvalue weighted by Gasteiger charge is -2.44. The number of anilines is 1. The fraction of sp³-hybridized carbons (Fsp3) is 0.536. The van der Waals surface area contributed by atoms with E-state index in [4.69, 9.17) is 9.47 Å². The molecule has 3 atom stereocenters. The zero-order valence-corrected chi connectivity index (χ0v) is 21.0. The van der Waals surface area contributed by atoms with Gasteiger partial charge in [-0.1, -0.05) is 0 Å². The molecule has 0 radical (unpaired) electrons. The third-order valence-electron chi connectivity index (χ3n) is 8.34. The summed E-state index contributed by atoms with van der Waals surface area (Å²) in [4.78, 5) is 17.7. The van der Waals surface area contributed by atoms with Crippen LogP contribution < -0.4 is 10.1 Å². The molecule has 3 aliphatic heterocycles. The first kappa shape index (κ1) is 25.4. The lowest BCUT2D eigenvalue weighted by molar-refractivity contribution is -0.179. The lowest BCUT2D eigenvalue weighted by Crippen LogP contribution is -2.58. The second kappa shape index (κ2) is 9.72. The van der Waals surface area contributed by atoms with Gasteiger partial charge >= 0.3 is 6.18 Å². The number of carbonyl (C=O) groups excluding carboxylic acids is 1. The highest BCUT2D eigenvalue weighted by Crippen LogP contribution is 2.48. The number of alkyl halides is 3. The molecule has 2 aromatic carbocycles. The fourth-order valence-corrected chi connectivity index (χ4v) is 6.12. The molecule has 3 fully saturated rings. The molecule has 1 amide bonds. The molecule has 0 spiro atoms. The van der Waals surface area contributed by atoms with Crippen molar-refractivity contribution in [2.24, 2.45) is 5.92 Å². The van der Waals surface area contributed by atoms with Crippen LogP contribution in [0.25, 0.3) is 0 Å². The fourth-order valence-electron chi connectivity index (χ4n) is 6.12. The van der Waals surface area contributed by atoms with Gasteiger partial charge in [-0.3, -0.25) is 9.69 Å². The van der Waals surface area contributed by atoms with Gasteiger partial charge in [0.05, 0.1) is 18.7 Å². The maximum atomic E-state index is 13.8. The van der Waals surface area contributed by atoms with E-state index in [0.717, 1.165) is 56.6 Å². The zero-order valence-electron chi connectivity index (χ0n) is 21.0. The van der Waals surface area contributed by atoms with Gasteiger partial charge in [-0.05, 0) is 80.5 Å². The number of halogens is 4. The average molecular weight is 534 g/mol. The summed E-state index contributed by atoms with van der Waals surface area (Å²) in [5.41, 5.74) is -0.439. The SMILES string of the molecule is O=C(N1COc2ccc(C(F)(F)F)cc2C1)[C@@]1(C2CC2)CC[C@@H](N2CC[C@@H](Nc3ccc(F)cc3)C2)CO1. The summed E-state index contributed by atoms with van der Waals surface area (Å²) < 4.78 is 65.0. The summed E-state index contributed by atoms with van der Waals surface area (Å²) >= 11 is 0. The largest absolute Gasteiger partial charge is 0.473 e. The molecule has 1 N–H and O–H groups in total. The second-order valence-electron chi connectivity index (χ2n) is 10.9. The Labute approximate surface area is 218 Å². The highest BCUT2D eigenvalue weighted by atomic mass is 19.4. The number of nitrogens with one attached hydrogen (secondary N) is 1. The summed E-state index contributed by atoms with van der Waals surface area (Å²) in [7, 11) is 0. The van der Waals surface area contributed by atoms with Crippen molar-refractivity contribution >= 4 is 11.6 Å². The number of hydrogen-bond acceptors (Lipinski definition) is 5. The molecule has 6 rings (SSSR count). The Balaban J connectivity index is 1.09. The van der Waals surface area contributed by atoms with Crippen LogP contribution in [0.3, 0.4) is 0 Å². The predicted molar refractivity (Wildman–Crippen MR) is 132 cm³/mol. The van der Waals surface area contributed by atoms with Gasteiger partial charge in [0.2, 0.25) is 0 Å². The van der Waals surface area contributed by atoms with Crippen LogP contribution in [0.5, 0.6) is 5.75 Å². The van der Waals surface area contributed by atoms with Crippen molar-refractivity contribution in [3.63, 3.8) is 0 Å². The van der Waals surface area contributed by atoms with E-state index in [1.54, 1.807) is 12.1 Å². The van der Waals surface area contributed by atoms with Crippen molar-refractivity contribution in [2.45, 2.75) is 62.5 Å². The van der Waals surface area contributed by atoms with Gasteiger partial charge in [0, 0.05) is 36.4 Å². The van der Waals surface area contributed by atoms with Crippen molar-refractivity contribution in [2.75, 3.05) is 31.7 Å². The van der Waals surface area contributed by atoms with Crippen LogP contribution in [0.15, 0.2) is 42.5 Å². The van der Waals surface area contributed by atoms with Crippen LogP contribution in [-0.2, 0) is 22.3 Å². The normalized spacial score (nSPS) is 28.1. The molecule has 204 valence electrons. The standard InChI is InChI=1S/C28H31F4N3O3/c29-21-4-6-22(7-5-21)33-23-10-12-34(15-23)24-9-11-27(38-16-24,19-1-2-19)26(36)35-14-18-13-20(28(30,31)32)3-8-25(18)37-17-35/h3-8,13,19,23-24,33H,1-2,9-12,14-17H2/t23-,24-,27+/m1/s1. The van der Waals surface area contributed by atoms with Crippen LogP contribution in [0, 0.1) is 11.7 Å². The van der Waals surface area contributed by atoms with Crippen molar-refractivity contribution in [1.29, 1.82) is 0 Å². The van der Waals surface area contributed by atoms with Crippen LogP contribution in [0.1, 0.15) is 43.2 Å². The van der Waals surface area contributed by atoms with Gasteiger partial charge in [0.25, 0.3) is 5.91 Å².